The Hall–Kier alpha value is -2.67. The summed E-state index contributed by atoms with van der Waals surface area (Å²) in [5, 5.41) is 5.29. The monoisotopic (exact) mass is 331 g/mol. The third-order valence-electron chi connectivity index (χ3n) is 3.09. The molecule has 2 heterocycles. The molecule has 0 saturated carbocycles. The van der Waals surface area contributed by atoms with E-state index < -0.39 is 17.5 Å². The molecule has 2 aromatic heterocycles. The van der Waals surface area contributed by atoms with Crippen LogP contribution >= 0.6 is 11.3 Å². The van der Waals surface area contributed by atoms with Crippen molar-refractivity contribution in [1.29, 1.82) is 0 Å². The van der Waals surface area contributed by atoms with Crippen LogP contribution in [0.1, 0.15) is 16.1 Å². The molecule has 23 heavy (non-hydrogen) atoms. The Balaban J connectivity index is 1.65. The fourth-order valence-electron chi connectivity index (χ4n) is 1.93. The quantitative estimate of drug-likeness (QED) is 0.797. The summed E-state index contributed by atoms with van der Waals surface area (Å²) in [5.41, 5.74) is 1.70. The Kier molecular flexibility index (Phi) is 4.38. The minimum absolute atomic E-state index is 0.0634. The molecule has 7 heteroatoms. The van der Waals surface area contributed by atoms with Crippen LogP contribution in [0.15, 0.2) is 48.1 Å². The summed E-state index contributed by atoms with van der Waals surface area (Å²) in [7, 11) is 0. The Morgan fingerprint density at radius 2 is 1.91 bits per heavy atom. The van der Waals surface area contributed by atoms with Gasteiger partial charge < -0.3 is 5.32 Å². The maximum Gasteiger partial charge on any atom is 0.251 e. The Morgan fingerprint density at radius 3 is 2.65 bits per heavy atom. The minimum Gasteiger partial charge on any atom is -0.346 e. The predicted molar refractivity (Wildman–Crippen MR) is 82.9 cm³/mol. The summed E-state index contributed by atoms with van der Waals surface area (Å²) in [6.45, 7) is 0.208. The zero-order valence-corrected chi connectivity index (χ0v) is 12.6. The first-order chi connectivity index (χ1) is 11.1. The summed E-state index contributed by atoms with van der Waals surface area (Å²) in [5.74, 6) is -2.52. The van der Waals surface area contributed by atoms with Gasteiger partial charge in [0.05, 0.1) is 12.2 Å². The number of rotatable bonds is 4. The normalized spacial score (nSPS) is 10.5. The van der Waals surface area contributed by atoms with Gasteiger partial charge in [-0.2, -0.15) is 0 Å². The highest BCUT2D eigenvalue weighted by Gasteiger charge is 2.10. The molecule has 0 spiro atoms. The Morgan fingerprint density at radius 1 is 1.13 bits per heavy atom. The summed E-state index contributed by atoms with van der Waals surface area (Å²) in [6.07, 6.45) is 3.36. The van der Waals surface area contributed by atoms with Gasteiger partial charge in [0.1, 0.15) is 5.01 Å². The molecule has 0 radical (unpaired) electrons. The Bertz CT molecular complexity index is 836. The van der Waals surface area contributed by atoms with Crippen LogP contribution in [0.25, 0.3) is 10.6 Å². The van der Waals surface area contributed by atoms with Crippen molar-refractivity contribution in [3.8, 4) is 10.6 Å². The second-order valence-corrected chi connectivity index (χ2v) is 5.55. The highest BCUT2D eigenvalue weighted by Crippen LogP contribution is 2.22. The number of hydrogen-bond acceptors (Lipinski definition) is 4. The number of pyridine rings is 1. The SMILES string of the molecule is O=C(NCc1csc(-c2ccncc2)n1)c1ccc(F)c(F)c1. The van der Waals surface area contributed by atoms with Gasteiger partial charge in [0, 0.05) is 28.9 Å². The van der Waals surface area contributed by atoms with Crippen molar-refractivity contribution >= 4 is 17.2 Å². The number of thiazole rings is 1. The smallest absolute Gasteiger partial charge is 0.251 e. The fraction of sp³-hybridized carbons (Fsp3) is 0.0625. The second-order valence-electron chi connectivity index (χ2n) is 4.69. The number of hydrogen-bond donors (Lipinski definition) is 1. The van der Waals surface area contributed by atoms with Crippen molar-refractivity contribution < 1.29 is 13.6 Å². The zero-order chi connectivity index (χ0) is 16.2. The molecule has 0 bridgehead atoms. The zero-order valence-electron chi connectivity index (χ0n) is 11.8. The number of aromatic nitrogens is 2. The van der Waals surface area contributed by atoms with Crippen molar-refractivity contribution in [2.75, 3.05) is 0 Å². The molecule has 1 amide bonds. The van der Waals surface area contributed by atoms with E-state index in [0.717, 1.165) is 22.7 Å². The largest absolute Gasteiger partial charge is 0.346 e. The highest BCUT2D eigenvalue weighted by atomic mass is 32.1. The molecule has 0 aliphatic carbocycles. The molecule has 4 nitrogen and oxygen atoms in total. The molecular weight excluding hydrogens is 320 g/mol. The molecule has 116 valence electrons. The topological polar surface area (TPSA) is 54.9 Å². The van der Waals surface area contributed by atoms with Gasteiger partial charge in [-0.3, -0.25) is 9.78 Å². The number of nitrogens with one attached hydrogen (secondary N) is 1. The first kappa shape index (κ1) is 15.2. The molecule has 0 saturated heterocycles. The summed E-state index contributed by atoms with van der Waals surface area (Å²) >= 11 is 1.45. The third-order valence-corrected chi connectivity index (χ3v) is 4.03. The lowest BCUT2D eigenvalue weighted by atomic mass is 10.2. The lowest BCUT2D eigenvalue weighted by Gasteiger charge is -2.03. The lowest BCUT2D eigenvalue weighted by Crippen LogP contribution is -2.23. The van der Waals surface area contributed by atoms with Gasteiger partial charge in [-0.15, -0.1) is 11.3 Å². The molecule has 1 N–H and O–H groups in total. The summed E-state index contributed by atoms with van der Waals surface area (Å²) in [6, 6.07) is 6.73. The van der Waals surface area contributed by atoms with Crippen molar-refractivity contribution in [1.82, 2.24) is 15.3 Å². The average Bonchev–Trinajstić information content (AvgIpc) is 3.05. The average molecular weight is 331 g/mol. The van der Waals surface area contributed by atoms with Gasteiger partial charge in [-0.1, -0.05) is 0 Å². The van der Waals surface area contributed by atoms with Gasteiger partial charge >= 0.3 is 0 Å². The van der Waals surface area contributed by atoms with E-state index in [0.29, 0.717) is 5.69 Å². The first-order valence-electron chi connectivity index (χ1n) is 6.71. The molecule has 1 aromatic carbocycles. The molecule has 3 aromatic rings. The van der Waals surface area contributed by atoms with Crippen LogP contribution in [0.3, 0.4) is 0 Å². The van der Waals surface area contributed by atoms with Crippen molar-refractivity contribution in [3.05, 3.63) is 71.0 Å². The number of benzene rings is 1. The van der Waals surface area contributed by atoms with E-state index in [9.17, 15) is 13.6 Å². The maximum absolute atomic E-state index is 13.1. The van der Waals surface area contributed by atoms with Gasteiger partial charge in [0.15, 0.2) is 11.6 Å². The van der Waals surface area contributed by atoms with E-state index in [1.165, 1.54) is 17.4 Å². The standard InChI is InChI=1S/C16H11F2N3OS/c17-13-2-1-11(7-14(13)18)15(22)20-8-12-9-23-16(21-12)10-3-5-19-6-4-10/h1-7,9H,8H2,(H,20,22). The lowest BCUT2D eigenvalue weighted by molar-refractivity contribution is 0.0950. The molecule has 0 fully saturated rings. The van der Waals surface area contributed by atoms with Crippen LogP contribution in [-0.4, -0.2) is 15.9 Å². The van der Waals surface area contributed by atoms with E-state index in [-0.39, 0.29) is 12.1 Å². The van der Waals surface area contributed by atoms with Crippen molar-refractivity contribution in [2.45, 2.75) is 6.54 Å². The van der Waals surface area contributed by atoms with Gasteiger partial charge in [-0.25, -0.2) is 13.8 Å². The summed E-state index contributed by atoms with van der Waals surface area (Å²) < 4.78 is 26.0. The van der Waals surface area contributed by atoms with Gasteiger partial charge in [0.2, 0.25) is 0 Å². The van der Waals surface area contributed by atoms with Gasteiger partial charge in [0.25, 0.3) is 5.91 Å². The van der Waals surface area contributed by atoms with Crippen LogP contribution < -0.4 is 5.32 Å². The molecular formula is C16H11F2N3OS. The van der Waals surface area contributed by atoms with Crippen LogP contribution in [0, 0.1) is 11.6 Å². The number of nitrogens with zero attached hydrogens (tertiary/aromatic N) is 2. The highest BCUT2D eigenvalue weighted by molar-refractivity contribution is 7.13. The van der Waals surface area contributed by atoms with E-state index in [1.807, 2.05) is 17.5 Å². The Labute approximate surface area is 134 Å². The molecule has 0 atom stereocenters. The second kappa shape index (κ2) is 6.62. The minimum atomic E-state index is -1.05. The number of amides is 1. The maximum atomic E-state index is 13.1. The summed E-state index contributed by atoms with van der Waals surface area (Å²) in [4.78, 5) is 20.3. The number of carbonyl (C=O) groups excluding carboxylic acids is 1. The first-order valence-corrected chi connectivity index (χ1v) is 7.59. The third kappa shape index (κ3) is 3.57. The number of carbonyl (C=O) groups is 1. The number of halogens is 2. The van der Waals surface area contributed by atoms with Crippen LogP contribution in [-0.2, 0) is 6.54 Å². The predicted octanol–water partition coefficient (Wildman–Crippen LogP) is 3.41. The van der Waals surface area contributed by atoms with E-state index in [1.54, 1.807) is 12.4 Å². The van der Waals surface area contributed by atoms with Crippen LogP contribution in [0.2, 0.25) is 0 Å². The van der Waals surface area contributed by atoms with Crippen molar-refractivity contribution in [2.24, 2.45) is 0 Å². The molecule has 3 rings (SSSR count). The molecule has 0 unspecified atom stereocenters. The fourth-order valence-corrected chi connectivity index (χ4v) is 2.75. The van der Waals surface area contributed by atoms with E-state index in [2.05, 4.69) is 15.3 Å². The van der Waals surface area contributed by atoms with E-state index in [4.69, 9.17) is 0 Å². The van der Waals surface area contributed by atoms with Crippen LogP contribution in [0.5, 0.6) is 0 Å². The van der Waals surface area contributed by atoms with E-state index >= 15 is 0 Å². The van der Waals surface area contributed by atoms with Gasteiger partial charge in [-0.05, 0) is 30.3 Å². The molecule has 0 aliphatic rings. The molecule has 0 aliphatic heterocycles. The van der Waals surface area contributed by atoms with Crippen LogP contribution in [0.4, 0.5) is 8.78 Å². The van der Waals surface area contributed by atoms with Crippen molar-refractivity contribution in [3.63, 3.8) is 0 Å².